The Morgan fingerprint density at radius 2 is 1.81 bits per heavy atom. The molecule has 11 heteroatoms. The second kappa shape index (κ2) is 13.3. The molecule has 2 unspecified atom stereocenters. The molecule has 3 amide bonds. The van der Waals surface area contributed by atoms with Crippen LogP contribution in [0.1, 0.15) is 48.6 Å². The van der Waals surface area contributed by atoms with Crippen LogP contribution >= 0.6 is 11.6 Å². The zero-order valence-electron chi connectivity index (χ0n) is 23.3. The first-order valence-corrected chi connectivity index (χ1v) is 13.8. The van der Waals surface area contributed by atoms with Crippen LogP contribution < -0.4 is 15.5 Å². The number of carboxylic acid groups (broad SMARTS) is 1. The predicted octanol–water partition coefficient (Wildman–Crippen LogP) is 4.79. The van der Waals surface area contributed by atoms with Gasteiger partial charge in [0, 0.05) is 53.5 Å². The Kier molecular flexibility index (Phi) is 9.82. The lowest BCUT2D eigenvalue weighted by molar-refractivity contribution is -0.138. The number of ether oxygens (including phenoxy) is 1. The summed E-state index contributed by atoms with van der Waals surface area (Å²) in [4.78, 5) is 39.7. The van der Waals surface area contributed by atoms with Crippen LogP contribution in [0.25, 0.3) is 0 Å². The third kappa shape index (κ3) is 7.64. The number of aliphatic hydroxyl groups is 1. The molecule has 0 bridgehead atoms. The molecule has 3 aromatic rings. The fraction of sp³-hybridized carbons (Fsp3) is 0.323. The lowest BCUT2D eigenvalue weighted by atomic mass is 9.92. The van der Waals surface area contributed by atoms with Gasteiger partial charge in [0.2, 0.25) is 5.91 Å². The van der Waals surface area contributed by atoms with E-state index >= 15 is 0 Å². The SMILES string of the molecule is CC(C)(CO)CN1C(=O)C(CC(=O)NCc2ccccc2F)OC(c2cccc(CNC(=O)O)c2)c2cc(Cl)ccc21. The highest BCUT2D eigenvalue weighted by atomic mass is 35.5. The van der Waals surface area contributed by atoms with E-state index in [1.54, 1.807) is 60.7 Å². The zero-order valence-corrected chi connectivity index (χ0v) is 24.0. The van der Waals surface area contributed by atoms with Gasteiger partial charge in [-0.1, -0.05) is 67.9 Å². The standard InChI is InChI=1S/C31H33ClFN3O6/c1-31(2,18-37)17-36-25-11-10-22(32)13-23(25)28(20-8-5-6-19(12-20)15-35-30(40)41)42-26(29(36)39)14-27(38)34-16-21-7-3-4-9-24(21)33/h3-13,26,28,35,37H,14-18H2,1-2H3,(H,34,38)(H,40,41). The maximum absolute atomic E-state index is 14.1. The number of halogens is 2. The molecule has 1 heterocycles. The van der Waals surface area contributed by atoms with Gasteiger partial charge in [-0.2, -0.15) is 0 Å². The monoisotopic (exact) mass is 597 g/mol. The highest BCUT2D eigenvalue weighted by molar-refractivity contribution is 6.30. The number of aliphatic hydroxyl groups excluding tert-OH is 1. The van der Waals surface area contributed by atoms with Crippen LogP contribution in [0.3, 0.4) is 0 Å². The topological polar surface area (TPSA) is 128 Å². The van der Waals surface area contributed by atoms with Gasteiger partial charge in [-0.05, 0) is 35.4 Å². The van der Waals surface area contributed by atoms with Crippen LogP contribution in [0.15, 0.2) is 66.7 Å². The summed E-state index contributed by atoms with van der Waals surface area (Å²) in [5.74, 6) is -1.45. The summed E-state index contributed by atoms with van der Waals surface area (Å²) < 4.78 is 20.5. The normalized spacial score (nSPS) is 16.9. The highest BCUT2D eigenvalue weighted by Crippen LogP contribution is 2.41. The molecule has 0 aliphatic carbocycles. The Labute approximate surface area is 248 Å². The Hall–Kier alpha value is -3.99. The summed E-state index contributed by atoms with van der Waals surface area (Å²) in [6, 6.07) is 18.2. The van der Waals surface area contributed by atoms with Crippen LogP contribution in [0.5, 0.6) is 0 Å². The van der Waals surface area contributed by atoms with E-state index in [0.717, 1.165) is 0 Å². The first kappa shape index (κ1) is 31.0. The molecular weight excluding hydrogens is 565 g/mol. The van der Waals surface area contributed by atoms with E-state index < -0.39 is 41.3 Å². The average molecular weight is 598 g/mol. The summed E-state index contributed by atoms with van der Waals surface area (Å²) in [6.45, 7) is 3.54. The smallest absolute Gasteiger partial charge is 0.404 e. The number of benzene rings is 3. The van der Waals surface area contributed by atoms with Crippen molar-refractivity contribution in [3.63, 3.8) is 0 Å². The highest BCUT2D eigenvalue weighted by Gasteiger charge is 2.39. The number of amides is 3. The molecule has 0 fully saturated rings. The van der Waals surface area contributed by atoms with Crippen molar-refractivity contribution in [2.45, 2.75) is 45.6 Å². The first-order chi connectivity index (χ1) is 20.0. The van der Waals surface area contributed by atoms with E-state index in [0.29, 0.717) is 33.0 Å². The van der Waals surface area contributed by atoms with Gasteiger partial charge in [0.15, 0.2) is 0 Å². The van der Waals surface area contributed by atoms with E-state index in [-0.39, 0.29) is 32.7 Å². The predicted molar refractivity (Wildman–Crippen MR) is 156 cm³/mol. The second-order valence-corrected chi connectivity index (χ2v) is 11.4. The maximum Gasteiger partial charge on any atom is 0.404 e. The minimum absolute atomic E-state index is 0.0515. The van der Waals surface area contributed by atoms with E-state index in [4.69, 9.17) is 21.4 Å². The molecule has 42 heavy (non-hydrogen) atoms. The van der Waals surface area contributed by atoms with Gasteiger partial charge in [-0.15, -0.1) is 0 Å². The molecule has 9 nitrogen and oxygen atoms in total. The number of hydrogen-bond acceptors (Lipinski definition) is 5. The summed E-state index contributed by atoms with van der Waals surface area (Å²) in [6.07, 6.45) is -3.60. The number of nitrogens with one attached hydrogen (secondary N) is 2. The largest absolute Gasteiger partial charge is 0.465 e. The minimum Gasteiger partial charge on any atom is -0.465 e. The molecular formula is C31H33ClFN3O6. The molecule has 1 aliphatic heterocycles. The number of fused-ring (bicyclic) bond motifs is 1. The molecule has 0 saturated carbocycles. The summed E-state index contributed by atoms with van der Waals surface area (Å²) >= 11 is 6.41. The lowest BCUT2D eigenvalue weighted by Crippen LogP contribution is -2.46. The first-order valence-electron chi connectivity index (χ1n) is 13.4. The molecule has 0 radical (unpaired) electrons. The molecule has 4 N–H and O–H groups in total. The minimum atomic E-state index is -1.24. The molecule has 0 spiro atoms. The third-order valence-electron chi connectivity index (χ3n) is 6.92. The van der Waals surface area contributed by atoms with Crippen molar-refractivity contribution in [3.05, 3.63) is 99.8 Å². The van der Waals surface area contributed by atoms with Crippen molar-refractivity contribution < 1.29 is 33.7 Å². The van der Waals surface area contributed by atoms with E-state index in [1.807, 2.05) is 13.8 Å². The van der Waals surface area contributed by atoms with Gasteiger partial charge in [-0.3, -0.25) is 9.59 Å². The van der Waals surface area contributed by atoms with Crippen molar-refractivity contribution in [1.29, 1.82) is 0 Å². The molecule has 4 rings (SSSR count). The Morgan fingerprint density at radius 3 is 2.52 bits per heavy atom. The number of nitrogens with zero attached hydrogens (tertiary/aromatic N) is 1. The van der Waals surface area contributed by atoms with Gasteiger partial charge < -0.3 is 30.5 Å². The van der Waals surface area contributed by atoms with Crippen molar-refractivity contribution in [1.82, 2.24) is 10.6 Å². The fourth-order valence-electron chi connectivity index (χ4n) is 4.72. The van der Waals surface area contributed by atoms with E-state index in [9.17, 15) is 23.9 Å². The number of rotatable bonds is 10. The zero-order chi connectivity index (χ0) is 30.4. The maximum atomic E-state index is 14.1. The molecule has 0 aromatic heterocycles. The Bertz CT molecular complexity index is 1470. The van der Waals surface area contributed by atoms with Crippen molar-refractivity contribution in [3.8, 4) is 0 Å². The molecule has 1 aliphatic rings. The summed E-state index contributed by atoms with van der Waals surface area (Å²) in [7, 11) is 0. The quantitative estimate of drug-likeness (QED) is 0.266. The third-order valence-corrected chi connectivity index (χ3v) is 7.16. The number of carbonyl (C=O) groups excluding carboxylic acids is 2. The number of hydrogen-bond donors (Lipinski definition) is 4. The second-order valence-electron chi connectivity index (χ2n) is 10.9. The van der Waals surface area contributed by atoms with Crippen molar-refractivity contribution in [2.24, 2.45) is 5.41 Å². The molecule has 3 aromatic carbocycles. The number of anilines is 1. The molecule has 0 saturated heterocycles. The van der Waals surface area contributed by atoms with Crippen LogP contribution in [-0.2, 0) is 27.4 Å². The summed E-state index contributed by atoms with van der Waals surface area (Å²) in [5.41, 5.74) is 1.98. The van der Waals surface area contributed by atoms with Crippen LogP contribution in [0, 0.1) is 11.2 Å². The van der Waals surface area contributed by atoms with Gasteiger partial charge in [0.25, 0.3) is 5.91 Å². The lowest BCUT2D eigenvalue weighted by Gasteiger charge is -2.32. The van der Waals surface area contributed by atoms with Gasteiger partial charge in [-0.25, -0.2) is 9.18 Å². The van der Waals surface area contributed by atoms with Gasteiger partial charge in [0.05, 0.1) is 6.42 Å². The van der Waals surface area contributed by atoms with Crippen LogP contribution in [0.4, 0.5) is 14.9 Å². The van der Waals surface area contributed by atoms with E-state index in [1.165, 1.54) is 11.0 Å². The average Bonchev–Trinajstić information content (AvgIpc) is 3.06. The van der Waals surface area contributed by atoms with E-state index in [2.05, 4.69) is 10.6 Å². The van der Waals surface area contributed by atoms with Gasteiger partial charge in [0.1, 0.15) is 18.0 Å². The summed E-state index contributed by atoms with van der Waals surface area (Å²) in [5, 5.41) is 24.5. The van der Waals surface area contributed by atoms with Crippen molar-refractivity contribution >= 4 is 35.2 Å². The van der Waals surface area contributed by atoms with Crippen LogP contribution in [0.2, 0.25) is 5.02 Å². The Morgan fingerprint density at radius 1 is 1.05 bits per heavy atom. The van der Waals surface area contributed by atoms with Gasteiger partial charge >= 0.3 is 6.09 Å². The van der Waals surface area contributed by atoms with Crippen LogP contribution in [-0.4, -0.2) is 47.4 Å². The fourth-order valence-corrected chi connectivity index (χ4v) is 4.90. The number of carbonyl (C=O) groups is 3. The molecule has 2 atom stereocenters. The Balaban J connectivity index is 1.72. The molecule has 222 valence electrons. The van der Waals surface area contributed by atoms with Crippen molar-refractivity contribution in [2.75, 3.05) is 18.1 Å².